The van der Waals surface area contributed by atoms with Crippen LogP contribution in [0.3, 0.4) is 0 Å². The molecule has 1 aliphatic heterocycles. The van der Waals surface area contributed by atoms with E-state index >= 15 is 0 Å². The zero-order valence-corrected chi connectivity index (χ0v) is 9.90. The molecule has 7 nitrogen and oxygen atoms in total. The molecule has 3 N–H and O–H groups in total. The van der Waals surface area contributed by atoms with E-state index in [1.54, 1.807) is 6.92 Å². The zero-order chi connectivity index (χ0) is 12.5. The molecule has 1 aromatic rings. The Labute approximate surface area is 98.7 Å². The number of hydrogen-bond donors (Lipinski definition) is 2. The molecule has 0 radical (unpaired) electrons. The Hall–Kier alpha value is -1.47. The predicted molar refractivity (Wildman–Crippen MR) is 58.5 cm³/mol. The van der Waals surface area contributed by atoms with Crippen molar-refractivity contribution in [2.45, 2.75) is 25.3 Å². The minimum atomic E-state index is -0.536. The van der Waals surface area contributed by atoms with E-state index in [4.69, 9.17) is 15.2 Å². The highest BCUT2D eigenvalue weighted by Gasteiger charge is 2.42. The van der Waals surface area contributed by atoms with Crippen molar-refractivity contribution in [1.29, 1.82) is 0 Å². The van der Waals surface area contributed by atoms with E-state index in [9.17, 15) is 4.79 Å². The maximum Gasteiger partial charge on any atom is 0.378 e. The molecule has 1 fully saturated rings. The van der Waals surface area contributed by atoms with Gasteiger partial charge < -0.3 is 15.2 Å². The van der Waals surface area contributed by atoms with E-state index in [1.165, 1.54) is 0 Å². The monoisotopic (exact) mass is 240 g/mol. The Morgan fingerprint density at radius 3 is 3.12 bits per heavy atom. The van der Waals surface area contributed by atoms with Gasteiger partial charge in [-0.15, -0.1) is 5.10 Å². The van der Waals surface area contributed by atoms with Crippen molar-refractivity contribution >= 4 is 5.97 Å². The summed E-state index contributed by atoms with van der Waals surface area (Å²) in [6.07, 6.45) is 0. The van der Waals surface area contributed by atoms with E-state index in [0.29, 0.717) is 25.6 Å². The van der Waals surface area contributed by atoms with Crippen molar-refractivity contribution in [3.63, 3.8) is 0 Å². The maximum atomic E-state index is 11.4. The number of carbonyl (C=O) groups excluding carboxylic acids is 1. The van der Waals surface area contributed by atoms with E-state index < -0.39 is 11.4 Å². The summed E-state index contributed by atoms with van der Waals surface area (Å²) < 4.78 is 10.1. The third-order valence-electron chi connectivity index (χ3n) is 3.00. The van der Waals surface area contributed by atoms with E-state index in [-0.39, 0.29) is 11.9 Å². The minimum Gasteiger partial charge on any atom is -0.460 e. The second-order valence-corrected chi connectivity index (χ2v) is 4.27. The summed E-state index contributed by atoms with van der Waals surface area (Å²) in [5.41, 5.74) is 5.53. The number of ether oxygens (including phenoxy) is 2. The number of esters is 1. The van der Waals surface area contributed by atoms with E-state index in [2.05, 4.69) is 15.2 Å². The fourth-order valence-corrected chi connectivity index (χ4v) is 1.74. The Bertz CT molecular complexity index is 419. The standard InChI is InChI=1S/C10H16N4O3/c1-3-17-8(15)7-12-9(14-13-7)10(2)5-16-4-6(10)11/h6H,3-5,11H2,1-2H3,(H,12,13,14). The van der Waals surface area contributed by atoms with Gasteiger partial charge >= 0.3 is 5.97 Å². The molecule has 1 saturated heterocycles. The van der Waals surface area contributed by atoms with E-state index in [0.717, 1.165) is 0 Å². The number of nitrogens with two attached hydrogens (primary N) is 1. The van der Waals surface area contributed by atoms with Gasteiger partial charge in [0.15, 0.2) is 0 Å². The molecular weight excluding hydrogens is 224 g/mol. The smallest absolute Gasteiger partial charge is 0.378 e. The number of nitrogens with one attached hydrogen (secondary N) is 1. The van der Waals surface area contributed by atoms with Gasteiger partial charge in [0.25, 0.3) is 5.82 Å². The van der Waals surface area contributed by atoms with Crippen LogP contribution in [-0.4, -0.2) is 47.0 Å². The summed E-state index contributed by atoms with van der Waals surface area (Å²) in [6, 6.07) is -0.162. The molecule has 1 aliphatic rings. The fourth-order valence-electron chi connectivity index (χ4n) is 1.74. The number of H-pyrrole nitrogens is 1. The Kier molecular flexibility index (Phi) is 3.12. The Morgan fingerprint density at radius 2 is 2.53 bits per heavy atom. The van der Waals surface area contributed by atoms with Gasteiger partial charge in [0.2, 0.25) is 0 Å². The van der Waals surface area contributed by atoms with Crippen molar-refractivity contribution in [2.75, 3.05) is 19.8 Å². The molecule has 1 aromatic heterocycles. The lowest BCUT2D eigenvalue weighted by Gasteiger charge is -2.23. The number of rotatable bonds is 3. The Balaban J connectivity index is 2.21. The van der Waals surface area contributed by atoms with Crippen LogP contribution in [0.5, 0.6) is 0 Å². The van der Waals surface area contributed by atoms with Crippen LogP contribution in [0, 0.1) is 0 Å². The second kappa shape index (κ2) is 4.42. The number of aromatic nitrogens is 3. The summed E-state index contributed by atoms with van der Waals surface area (Å²) in [5, 5.41) is 6.57. The number of hydrogen-bond acceptors (Lipinski definition) is 6. The number of aromatic amines is 1. The highest BCUT2D eigenvalue weighted by atomic mass is 16.5. The summed E-state index contributed by atoms with van der Waals surface area (Å²) in [6.45, 7) is 4.90. The van der Waals surface area contributed by atoms with Crippen LogP contribution in [0.2, 0.25) is 0 Å². The third-order valence-corrected chi connectivity index (χ3v) is 3.00. The quantitative estimate of drug-likeness (QED) is 0.696. The summed E-state index contributed by atoms with van der Waals surface area (Å²) in [7, 11) is 0. The Morgan fingerprint density at radius 1 is 1.76 bits per heavy atom. The van der Waals surface area contributed by atoms with Gasteiger partial charge in [-0.1, -0.05) is 0 Å². The highest BCUT2D eigenvalue weighted by Crippen LogP contribution is 2.29. The summed E-state index contributed by atoms with van der Waals surface area (Å²) >= 11 is 0. The van der Waals surface area contributed by atoms with Crippen molar-refractivity contribution < 1.29 is 14.3 Å². The molecule has 17 heavy (non-hydrogen) atoms. The zero-order valence-electron chi connectivity index (χ0n) is 9.90. The lowest BCUT2D eigenvalue weighted by Crippen LogP contribution is -2.42. The van der Waals surface area contributed by atoms with Crippen LogP contribution < -0.4 is 5.73 Å². The van der Waals surface area contributed by atoms with Gasteiger partial charge in [-0.25, -0.2) is 9.78 Å². The van der Waals surface area contributed by atoms with E-state index in [1.807, 2.05) is 6.92 Å². The molecule has 2 heterocycles. The molecule has 0 spiro atoms. The molecule has 94 valence electrons. The summed E-state index contributed by atoms with van der Waals surface area (Å²) in [4.78, 5) is 15.6. The fraction of sp³-hybridized carbons (Fsp3) is 0.700. The normalized spacial score (nSPS) is 28.3. The van der Waals surface area contributed by atoms with Crippen LogP contribution in [0.15, 0.2) is 0 Å². The molecule has 2 rings (SSSR count). The third kappa shape index (κ3) is 2.03. The van der Waals surface area contributed by atoms with Crippen molar-refractivity contribution in [3.05, 3.63) is 11.6 Å². The molecule has 0 amide bonds. The maximum absolute atomic E-state index is 11.4. The van der Waals surface area contributed by atoms with Gasteiger partial charge in [0.1, 0.15) is 5.82 Å². The lowest BCUT2D eigenvalue weighted by atomic mass is 9.85. The van der Waals surface area contributed by atoms with Crippen molar-refractivity contribution in [1.82, 2.24) is 15.2 Å². The van der Waals surface area contributed by atoms with Gasteiger partial charge in [0, 0.05) is 6.04 Å². The van der Waals surface area contributed by atoms with Crippen LogP contribution in [0.4, 0.5) is 0 Å². The molecule has 0 bridgehead atoms. The SMILES string of the molecule is CCOC(=O)c1n[nH]c(C2(C)COCC2N)n1. The average molecular weight is 240 g/mol. The molecule has 2 atom stereocenters. The first-order valence-corrected chi connectivity index (χ1v) is 5.51. The largest absolute Gasteiger partial charge is 0.460 e. The average Bonchev–Trinajstić information content (AvgIpc) is 2.88. The second-order valence-electron chi connectivity index (χ2n) is 4.27. The predicted octanol–water partition coefficient (Wildman–Crippen LogP) is -0.403. The van der Waals surface area contributed by atoms with Crippen LogP contribution in [-0.2, 0) is 14.9 Å². The van der Waals surface area contributed by atoms with Gasteiger partial charge in [-0.05, 0) is 13.8 Å². The molecule has 0 aliphatic carbocycles. The number of carbonyl (C=O) groups is 1. The molecule has 2 unspecified atom stereocenters. The molecule has 0 saturated carbocycles. The van der Waals surface area contributed by atoms with Gasteiger partial charge in [-0.2, -0.15) is 0 Å². The minimum absolute atomic E-state index is 0.0298. The van der Waals surface area contributed by atoms with Crippen LogP contribution in [0.25, 0.3) is 0 Å². The van der Waals surface area contributed by atoms with Crippen molar-refractivity contribution in [3.8, 4) is 0 Å². The molecule has 7 heteroatoms. The lowest BCUT2D eigenvalue weighted by molar-refractivity contribution is 0.0512. The summed E-state index contributed by atoms with van der Waals surface area (Å²) in [5.74, 6) is 0.0545. The first-order valence-electron chi connectivity index (χ1n) is 5.51. The molecule has 0 aromatic carbocycles. The first-order chi connectivity index (χ1) is 8.08. The molecular formula is C10H16N4O3. The van der Waals surface area contributed by atoms with Gasteiger partial charge in [-0.3, -0.25) is 5.10 Å². The highest BCUT2D eigenvalue weighted by molar-refractivity contribution is 5.84. The topological polar surface area (TPSA) is 103 Å². The van der Waals surface area contributed by atoms with Crippen LogP contribution >= 0.6 is 0 Å². The van der Waals surface area contributed by atoms with Crippen molar-refractivity contribution in [2.24, 2.45) is 5.73 Å². The first kappa shape index (κ1) is 12.0. The number of nitrogens with zero attached hydrogens (tertiary/aromatic N) is 2. The van der Waals surface area contributed by atoms with Gasteiger partial charge in [0.05, 0.1) is 25.2 Å². The van der Waals surface area contributed by atoms with Crippen LogP contribution in [0.1, 0.15) is 30.3 Å².